The Morgan fingerprint density at radius 3 is 2.33 bits per heavy atom. The Balaban J connectivity index is 1.73. The summed E-state index contributed by atoms with van der Waals surface area (Å²) in [5.41, 5.74) is 1.06. The van der Waals surface area contributed by atoms with Crippen LogP contribution in [0.1, 0.15) is 18.1 Å². The monoisotopic (exact) mass is 367 g/mol. The third-order valence-electron chi connectivity index (χ3n) is 4.58. The number of hydrogen-bond donors (Lipinski definition) is 2. The maximum absolute atomic E-state index is 12.9. The maximum atomic E-state index is 12.9. The number of methoxy groups -OCH3 is 1. The normalized spacial score (nSPS) is 19.0. The molecule has 1 atom stereocenters. The fourth-order valence-electron chi connectivity index (χ4n) is 2.94. The highest BCUT2D eigenvalue weighted by molar-refractivity contribution is 6.10. The molecule has 2 N–H and O–H groups in total. The standard InChI is InChI=1S/C20H21N3O4/c1-13-4-8-15(9-5-13)21-17(24)12-23-18(25)20(2,22-19(23)26)14-6-10-16(27-3)11-7-14/h4-11H,12H2,1-3H3,(H,21,24)(H,22,26)/t20-/m1/s1. The van der Waals surface area contributed by atoms with Crippen molar-refractivity contribution >= 4 is 23.5 Å². The smallest absolute Gasteiger partial charge is 0.325 e. The number of carbonyl (C=O) groups excluding carboxylic acids is 3. The van der Waals surface area contributed by atoms with E-state index in [0.717, 1.165) is 10.5 Å². The first-order chi connectivity index (χ1) is 12.8. The van der Waals surface area contributed by atoms with Gasteiger partial charge in [0, 0.05) is 5.69 Å². The highest BCUT2D eigenvalue weighted by Crippen LogP contribution is 2.30. The van der Waals surface area contributed by atoms with Gasteiger partial charge in [0.25, 0.3) is 5.91 Å². The van der Waals surface area contributed by atoms with Gasteiger partial charge >= 0.3 is 6.03 Å². The zero-order valence-electron chi connectivity index (χ0n) is 15.4. The van der Waals surface area contributed by atoms with Gasteiger partial charge < -0.3 is 15.4 Å². The van der Waals surface area contributed by atoms with E-state index in [1.54, 1.807) is 50.4 Å². The summed E-state index contributed by atoms with van der Waals surface area (Å²) in [5, 5.41) is 5.37. The molecule has 0 saturated carbocycles. The van der Waals surface area contributed by atoms with Crippen LogP contribution in [0.4, 0.5) is 10.5 Å². The van der Waals surface area contributed by atoms with Crippen LogP contribution in [0.2, 0.25) is 0 Å². The molecule has 1 saturated heterocycles. The van der Waals surface area contributed by atoms with E-state index in [2.05, 4.69) is 10.6 Å². The summed E-state index contributed by atoms with van der Waals surface area (Å²) >= 11 is 0. The zero-order chi connectivity index (χ0) is 19.6. The first kappa shape index (κ1) is 18.4. The van der Waals surface area contributed by atoms with Gasteiger partial charge in [-0.2, -0.15) is 0 Å². The Bertz CT molecular complexity index is 877. The number of imide groups is 1. The molecular weight excluding hydrogens is 346 g/mol. The average molecular weight is 367 g/mol. The Morgan fingerprint density at radius 2 is 1.74 bits per heavy atom. The first-order valence-corrected chi connectivity index (χ1v) is 8.48. The predicted octanol–water partition coefficient (Wildman–Crippen LogP) is 2.41. The Kier molecular flexibility index (Phi) is 4.85. The second kappa shape index (κ2) is 7.11. The molecule has 140 valence electrons. The molecule has 0 aromatic heterocycles. The van der Waals surface area contributed by atoms with Crippen molar-refractivity contribution in [2.24, 2.45) is 0 Å². The van der Waals surface area contributed by atoms with E-state index in [1.165, 1.54) is 0 Å². The molecule has 1 fully saturated rings. The van der Waals surface area contributed by atoms with E-state index in [4.69, 9.17) is 4.74 Å². The molecule has 2 aromatic carbocycles. The predicted molar refractivity (Wildman–Crippen MR) is 100 cm³/mol. The van der Waals surface area contributed by atoms with Crippen LogP contribution in [-0.4, -0.2) is 36.4 Å². The molecule has 3 rings (SSSR count). The van der Waals surface area contributed by atoms with E-state index in [0.29, 0.717) is 17.0 Å². The topological polar surface area (TPSA) is 87.7 Å². The highest BCUT2D eigenvalue weighted by Gasteiger charge is 2.49. The van der Waals surface area contributed by atoms with Crippen LogP contribution in [0.15, 0.2) is 48.5 Å². The van der Waals surface area contributed by atoms with Crippen LogP contribution >= 0.6 is 0 Å². The van der Waals surface area contributed by atoms with Crippen molar-refractivity contribution < 1.29 is 19.1 Å². The van der Waals surface area contributed by atoms with Crippen LogP contribution in [-0.2, 0) is 15.1 Å². The van der Waals surface area contributed by atoms with Gasteiger partial charge in [-0.15, -0.1) is 0 Å². The molecule has 0 aliphatic carbocycles. The third kappa shape index (κ3) is 3.62. The van der Waals surface area contributed by atoms with E-state index in [-0.39, 0.29) is 6.54 Å². The lowest BCUT2D eigenvalue weighted by Gasteiger charge is -2.22. The number of benzene rings is 2. The average Bonchev–Trinajstić information content (AvgIpc) is 2.88. The van der Waals surface area contributed by atoms with Gasteiger partial charge in [0.15, 0.2) is 0 Å². The molecule has 27 heavy (non-hydrogen) atoms. The van der Waals surface area contributed by atoms with Crippen LogP contribution in [0.25, 0.3) is 0 Å². The number of hydrogen-bond acceptors (Lipinski definition) is 4. The number of carbonyl (C=O) groups is 3. The minimum absolute atomic E-state index is 0.357. The summed E-state index contributed by atoms with van der Waals surface area (Å²) in [7, 11) is 1.55. The summed E-state index contributed by atoms with van der Waals surface area (Å²) in [5.74, 6) is -0.272. The third-order valence-corrected chi connectivity index (χ3v) is 4.58. The minimum atomic E-state index is -1.23. The van der Waals surface area contributed by atoms with Crippen LogP contribution in [0.5, 0.6) is 5.75 Å². The van der Waals surface area contributed by atoms with Crippen LogP contribution < -0.4 is 15.4 Å². The lowest BCUT2D eigenvalue weighted by atomic mass is 9.92. The van der Waals surface area contributed by atoms with Gasteiger partial charge in [-0.05, 0) is 43.7 Å². The Morgan fingerprint density at radius 1 is 1.11 bits per heavy atom. The molecule has 0 spiro atoms. The Labute approximate surface area is 157 Å². The summed E-state index contributed by atoms with van der Waals surface area (Å²) in [6.07, 6.45) is 0. The second-order valence-electron chi connectivity index (χ2n) is 6.59. The summed E-state index contributed by atoms with van der Waals surface area (Å²) in [6.45, 7) is 3.20. The molecule has 4 amide bonds. The summed E-state index contributed by atoms with van der Waals surface area (Å²) in [6, 6.07) is 13.5. The molecular formula is C20H21N3O4. The van der Waals surface area contributed by atoms with Crippen molar-refractivity contribution in [1.29, 1.82) is 0 Å². The molecule has 0 radical (unpaired) electrons. The van der Waals surface area contributed by atoms with Gasteiger partial charge in [-0.1, -0.05) is 29.8 Å². The Hall–Kier alpha value is -3.35. The van der Waals surface area contributed by atoms with Crippen molar-refractivity contribution in [2.75, 3.05) is 19.0 Å². The fourth-order valence-corrected chi connectivity index (χ4v) is 2.94. The lowest BCUT2D eigenvalue weighted by Crippen LogP contribution is -2.42. The molecule has 1 aliphatic heterocycles. The lowest BCUT2D eigenvalue weighted by molar-refractivity contribution is -0.133. The van der Waals surface area contributed by atoms with Crippen LogP contribution in [0, 0.1) is 6.92 Å². The van der Waals surface area contributed by atoms with E-state index in [9.17, 15) is 14.4 Å². The molecule has 7 heteroatoms. The molecule has 1 heterocycles. The molecule has 1 aliphatic rings. The van der Waals surface area contributed by atoms with E-state index in [1.807, 2.05) is 19.1 Å². The molecule has 7 nitrogen and oxygen atoms in total. The number of urea groups is 1. The van der Waals surface area contributed by atoms with Crippen LogP contribution in [0.3, 0.4) is 0 Å². The number of rotatable bonds is 5. The number of anilines is 1. The van der Waals surface area contributed by atoms with Gasteiger partial charge in [0.05, 0.1) is 7.11 Å². The molecule has 2 aromatic rings. The van der Waals surface area contributed by atoms with Crippen molar-refractivity contribution in [2.45, 2.75) is 19.4 Å². The molecule has 0 bridgehead atoms. The quantitative estimate of drug-likeness (QED) is 0.795. The largest absolute Gasteiger partial charge is 0.497 e. The number of nitrogens with zero attached hydrogens (tertiary/aromatic N) is 1. The number of amides is 4. The maximum Gasteiger partial charge on any atom is 0.325 e. The van der Waals surface area contributed by atoms with Gasteiger partial charge in [0.1, 0.15) is 17.8 Å². The van der Waals surface area contributed by atoms with Crippen molar-refractivity contribution in [1.82, 2.24) is 10.2 Å². The molecule has 0 unspecified atom stereocenters. The highest BCUT2D eigenvalue weighted by atomic mass is 16.5. The summed E-state index contributed by atoms with van der Waals surface area (Å²) in [4.78, 5) is 38.4. The first-order valence-electron chi connectivity index (χ1n) is 8.48. The van der Waals surface area contributed by atoms with E-state index < -0.39 is 23.4 Å². The summed E-state index contributed by atoms with van der Waals surface area (Å²) < 4.78 is 5.11. The van der Waals surface area contributed by atoms with E-state index >= 15 is 0 Å². The van der Waals surface area contributed by atoms with Gasteiger partial charge in [-0.25, -0.2) is 4.79 Å². The zero-order valence-corrected chi connectivity index (χ0v) is 15.4. The van der Waals surface area contributed by atoms with Crippen molar-refractivity contribution in [3.05, 3.63) is 59.7 Å². The van der Waals surface area contributed by atoms with Gasteiger partial charge in [-0.3, -0.25) is 14.5 Å². The SMILES string of the molecule is COc1ccc([C@@]2(C)NC(=O)N(CC(=O)Nc3ccc(C)cc3)C2=O)cc1. The number of nitrogens with one attached hydrogen (secondary N) is 2. The second-order valence-corrected chi connectivity index (χ2v) is 6.59. The number of aryl methyl sites for hydroxylation is 1. The van der Waals surface area contributed by atoms with Crippen molar-refractivity contribution in [3.63, 3.8) is 0 Å². The fraction of sp³-hybridized carbons (Fsp3) is 0.250. The minimum Gasteiger partial charge on any atom is -0.497 e. The van der Waals surface area contributed by atoms with Crippen molar-refractivity contribution in [3.8, 4) is 5.75 Å². The van der Waals surface area contributed by atoms with Gasteiger partial charge in [0.2, 0.25) is 5.91 Å². The number of ether oxygens (including phenoxy) is 1.